The summed E-state index contributed by atoms with van der Waals surface area (Å²) in [5.41, 5.74) is -1.73. The Kier molecular flexibility index (Phi) is 14.1. The number of carbonyl (C=O) groups excluding carboxylic acids is 3. The predicted molar refractivity (Wildman–Crippen MR) is 206 cm³/mol. The number of ether oxygens (including phenoxy) is 2. The lowest BCUT2D eigenvalue weighted by Crippen LogP contribution is -2.45. The molecule has 0 unspecified atom stereocenters. The normalized spacial score (nSPS) is 11.9. The number of carbonyl (C=O) groups is 3. The number of hydrogen-bond donors (Lipinski definition) is 0. The second-order valence-corrected chi connectivity index (χ2v) is 15.5. The second-order valence-electron chi connectivity index (χ2n) is 12.9. The molecule has 14 heteroatoms. The molecule has 0 aliphatic rings. The first kappa shape index (κ1) is 42.8. The maximum atomic E-state index is 14.1. The van der Waals surface area contributed by atoms with Crippen molar-refractivity contribution in [3.63, 3.8) is 0 Å². The first-order valence-electron chi connectivity index (χ1n) is 16.8. The minimum Gasteiger partial charge on any atom is -0.461 e. The van der Waals surface area contributed by atoms with Crippen LogP contribution in [0.25, 0.3) is 0 Å². The van der Waals surface area contributed by atoms with Gasteiger partial charge in [-0.3, -0.25) is 18.7 Å². The van der Waals surface area contributed by atoms with Crippen LogP contribution in [0.15, 0.2) is 121 Å². The molecule has 4 aromatic carbocycles. The number of ketones is 1. The summed E-state index contributed by atoms with van der Waals surface area (Å²) < 4.78 is 80.8. The van der Waals surface area contributed by atoms with Crippen LogP contribution in [0.3, 0.4) is 0 Å². The smallest absolute Gasteiger partial charge is 0.416 e. The predicted octanol–water partition coefficient (Wildman–Crippen LogP) is 9.79. The Balaban J connectivity index is 1.77. The van der Waals surface area contributed by atoms with E-state index in [9.17, 15) is 36.0 Å². The molecule has 0 amide bonds. The van der Waals surface area contributed by atoms with Crippen molar-refractivity contribution in [1.82, 2.24) is 0 Å². The topological polar surface area (TPSA) is 107 Å². The summed E-state index contributed by atoms with van der Waals surface area (Å²) >= 11 is 12.3. The highest BCUT2D eigenvalue weighted by Crippen LogP contribution is 2.37. The fourth-order valence-electron chi connectivity index (χ4n) is 5.63. The summed E-state index contributed by atoms with van der Waals surface area (Å²) in [5, 5.41) is 0.182. The zero-order valence-electron chi connectivity index (χ0n) is 29.9. The van der Waals surface area contributed by atoms with Crippen molar-refractivity contribution in [2.75, 3.05) is 17.5 Å². The van der Waals surface area contributed by atoms with E-state index in [0.717, 1.165) is 28.1 Å². The highest BCUT2D eigenvalue weighted by atomic mass is 35.5. The quantitative estimate of drug-likeness (QED) is 0.0452. The van der Waals surface area contributed by atoms with Gasteiger partial charge >= 0.3 is 18.1 Å². The summed E-state index contributed by atoms with van der Waals surface area (Å²) in [5.74, 6) is -2.98. The molecule has 0 aromatic heterocycles. The summed E-state index contributed by atoms with van der Waals surface area (Å²) in [6.07, 6.45) is -3.85. The lowest BCUT2D eigenvalue weighted by molar-refractivity contribution is -0.171. The Morgan fingerprint density at radius 1 is 0.800 bits per heavy atom. The molecule has 0 saturated carbocycles. The van der Waals surface area contributed by atoms with Crippen molar-refractivity contribution >= 4 is 56.6 Å². The zero-order valence-corrected chi connectivity index (χ0v) is 32.3. The van der Waals surface area contributed by atoms with Crippen LogP contribution >= 0.6 is 23.2 Å². The molecule has 0 atom stereocenters. The van der Waals surface area contributed by atoms with Gasteiger partial charge in [0, 0.05) is 12.0 Å². The summed E-state index contributed by atoms with van der Waals surface area (Å²) in [6.45, 7) is 10.2. The van der Waals surface area contributed by atoms with Gasteiger partial charge in [0.1, 0.15) is 13.2 Å². The Labute approximate surface area is 328 Å². The van der Waals surface area contributed by atoms with Gasteiger partial charge in [-0.05, 0) is 77.6 Å². The maximum Gasteiger partial charge on any atom is 0.416 e. The van der Waals surface area contributed by atoms with E-state index in [1.54, 1.807) is 0 Å². The van der Waals surface area contributed by atoms with Gasteiger partial charge in [0.15, 0.2) is 11.2 Å². The number of alkyl halides is 3. The van der Waals surface area contributed by atoms with Crippen LogP contribution in [0.5, 0.6) is 0 Å². The Morgan fingerprint density at radius 3 is 1.93 bits per heavy atom. The fourth-order valence-corrected chi connectivity index (χ4v) is 7.47. The van der Waals surface area contributed by atoms with Gasteiger partial charge < -0.3 is 9.47 Å². The molecular weight excluding hydrogens is 778 g/mol. The average Bonchev–Trinajstić information content (AvgIpc) is 3.15. The molecule has 0 bridgehead atoms. The molecule has 0 aliphatic carbocycles. The maximum absolute atomic E-state index is 14.1. The van der Waals surface area contributed by atoms with Gasteiger partial charge in [-0.2, -0.15) is 13.2 Å². The number of hydrogen-bond acceptors (Lipinski definition) is 7. The van der Waals surface area contributed by atoms with E-state index >= 15 is 0 Å². The van der Waals surface area contributed by atoms with Crippen molar-refractivity contribution in [1.29, 1.82) is 0 Å². The number of sulfonamides is 1. The van der Waals surface area contributed by atoms with Crippen LogP contribution in [0.4, 0.5) is 18.9 Å². The van der Waals surface area contributed by atoms with Crippen molar-refractivity contribution in [3.05, 3.63) is 154 Å². The number of esters is 2. The van der Waals surface area contributed by atoms with E-state index < -0.39 is 57.7 Å². The van der Waals surface area contributed by atoms with E-state index in [0.29, 0.717) is 5.56 Å². The van der Waals surface area contributed by atoms with Crippen LogP contribution in [-0.4, -0.2) is 39.4 Å². The van der Waals surface area contributed by atoms with Crippen LogP contribution in [0.1, 0.15) is 58.8 Å². The van der Waals surface area contributed by atoms with Crippen molar-refractivity contribution < 1.29 is 45.4 Å². The fraction of sp³-hybridized carbons (Fsp3) is 0.244. The third-order valence-electron chi connectivity index (χ3n) is 8.60. The van der Waals surface area contributed by atoms with Crippen LogP contribution in [0, 0.1) is 5.41 Å². The van der Waals surface area contributed by atoms with E-state index in [2.05, 4.69) is 13.2 Å². The minimum absolute atomic E-state index is 0.0248. The molecule has 0 spiro atoms. The molecule has 0 aliphatic heterocycles. The van der Waals surface area contributed by atoms with E-state index in [-0.39, 0.29) is 57.4 Å². The molecule has 55 heavy (non-hydrogen) atoms. The van der Waals surface area contributed by atoms with Crippen LogP contribution in [0.2, 0.25) is 10.0 Å². The standard InChI is InChI=1S/C41H38Cl2F3NO7S/c1-5-20-53-38(49)40(39(50)54-21-6-2,24-29-8-7-9-32(22-29)41(44,45)46)25-37(48)31-14-16-33(17-15-31)47(26-28-10-12-30(13-11-28)27(3)4)55(51,52)34-18-19-35(42)36(43)23-34/h5-19,22-23,27H,1-2,20-21,24-26H2,3-4H3. The lowest BCUT2D eigenvalue weighted by Gasteiger charge is -2.29. The molecule has 0 N–H and O–H groups in total. The molecule has 0 fully saturated rings. The summed E-state index contributed by atoms with van der Waals surface area (Å²) in [6, 6.07) is 20.7. The minimum atomic E-state index is -4.73. The SMILES string of the molecule is C=CCOC(=O)C(CC(=O)c1ccc(N(Cc2ccc(C(C)C)cc2)S(=O)(=O)c2ccc(Cl)c(Cl)c2)cc1)(Cc1cccc(C(F)(F)F)c1)C(=O)OCC=C. The van der Waals surface area contributed by atoms with Crippen LogP contribution < -0.4 is 4.31 Å². The Morgan fingerprint density at radius 2 is 1.40 bits per heavy atom. The molecule has 4 aromatic rings. The van der Waals surface area contributed by atoms with Gasteiger partial charge in [-0.25, -0.2) is 8.42 Å². The molecule has 0 heterocycles. The molecule has 4 rings (SSSR count). The molecule has 0 saturated heterocycles. The largest absolute Gasteiger partial charge is 0.461 e. The Hall–Kier alpha value is -4.91. The Bertz CT molecular complexity index is 2130. The first-order chi connectivity index (χ1) is 25.9. The summed E-state index contributed by atoms with van der Waals surface area (Å²) in [7, 11) is -4.28. The third kappa shape index (κ3) is 10.4. The van der Waals surface area contributed by atoms with Crippen LogP contribution in [-0.2, 0) is 48.2 Å². The van der Waals surface area contributed by atoms with Gasteiger partial charge in [-0.1, -0.05) is 105 Å². The van der Waals surface area contributed by atoms with Gasteiger partial charge in [-0.15, -0.1) is 0 Å². The monoisotopic (exact) mass is 815 g/mol. The van der Waals surface area contributed by atoms with Crippen molar-refractivity contribution in [2.45, 2.75) is 50.2 Å². The van der Waals surface area contributed by atoms with Crippen molar-refractivity contribution in [2.24, 2.45) is 5.41 Å². The second kappa shape index (κ2) is 18.1. The zero-order chi connectivity index (χ0) is 40.6. The third-order valence-corrected chi connectivity index (χ3v) is 11.1. The van der Waals surface area contributed by atoms with E-state index in [1.165, 1.54) is 60.7 Å². The first-order valence-corrected chi connectivity index (χ1v) is 19.0. The number of rotatable bonds is 17. The molecule has 0 radical (unpaired) electrons. The van der Waals surface area contributed by atoms with E-state index in [1.807, 2.05) is 38.1 Å². The van der Waals surface area contributed by atoms with Gasteiger partial charge in [0.2, 0.25) is 0 Å². The molecule has 8 nitrogen and oxygen atoms in total. The lowest BCUT2D eigenvalue weighted by atomic mass is 9.76. The number of Topliss-reactive ketones (excluding diaryl/α,β-unsaturated/α-hetero) is 1. The number of anilines is 1. The highest BCUT2D eigenvalue weighted by molar-refractivity contribution is 7.92. The van der Waals surface area contributed by atoms with Crippen molar-refractivity contribution in [3.8, 4) is 0 Å². The van der Waals surface area contributed by atoms with Gasteiger partial charge in [0.25, 0.3) is 10.0 Å². The highest BCUT2D eigenvalue weighted by Gasteiger charge is 2.51. The van der Waals surface area contributed by atoms with Gasteiger partial charge in [0.05, 0.1) is 32.7 Å². The number of nitrogens with zero attached hydrogens (tertiary/aromatic N) is 1. The molecule has 290 valence electrons. The summed E-state index contributed by atoms with van der Waals surface area (Å²) in [4.78, 5) is 41.2. The number of halogens is 5. The molecular formula is C41H38Cl2F3NO7S. The number of benzene rings is 4. The van der Waals surface area contributed by atoms with E-state index in [4.69, 9.17) is 32.7 Å². The average molecular weight is 817 g/mol.